The molecule has 1 aliphatic rings. The first-order valence-corrected chi connectivity index (χ1v) is 7.59. The van der Waals surface area contributed by atoms with Gasteiger partial charge in [-0.25, -0.2) is 0 Å². The summed E-state index contributed by atoms with van der Waals surface area (Å²) >= 11 is 3.41. The van der Waals surface area contributed by atoms with Gasteiger partial charge in [0.2, 0.25) is 5.91 Å². The van der Waals surface area contributed by atoms with Gasteiger partial charge >= 0.3 is 0 Å². The van der Waals surface area contributed by atoms with E-state index in [0.717, 1.165) is 35.0 Å². The maximum Gasteiger partial charge on any atom is 0.254 e. The minimum Gasteiger partial charge on any atom is -0.352 e. The number of piperidine rings is 1. The molecule has 1 heterocycles. The molecule has 1 aromatic carbocycles. The van der Waals surface area contributed by atoms with E-state index in [2.05, 4.69) is 21.2 Å². The van der Waals surface area contributed by atoms with Crippen LogP contribution in [0.15, 0.2) is 22.7 Å². The Bertz CT molecular complexity index is 531. The number of rotatable bonds is 2. The van der Waals surface area contributed by atoms with Gasteiger partial charge in [0.1, 0.15) is 0 Å². The van der Waals surface area contributed by atoms with E-state index in [0.29, 0.717) is 6.54 Å². The van der Waals surface area contributed by atoms with Gasteiger partial charge in [-0.05, 0) is 37.5 Å². The first-order valence-electron chi connectivity index (χ1n) is 6.80. The molecule has 1 fully saturated rings. The van der Waals surface area contributed by atoms with Crippen LogP contribution in [0.2, 0.25) is 0 Å². The minimum absolute atomic E-state index is 0.0389. The van der Waals surface area contributed by atoms with E-state index < -0.39 is 0 Å². The fourth-order valence-electron chi connectivity index (χ4n) is 2.56. The number of amides is 2. The molecule has 1 aliphatic heterocycles. The van der Waals surface area contributed by atoms with Gasteiger partial charge in [0.25, 0.3) is 5.91 Å². The molecule has 5 heteroatoms. The summed E-state index contributed by atoms with van der Waals surface area (Å²) in [4.78, 5) is 25.6. The Balaban J connectivity index is 2.12. The van der Waals surface area contributed by atoms with Crippen LogP contribution in [0.4, 0.5) is 0 Å². The number of nitrogens with zero attached hydrogens (tertiary/aromatic N) is 1. The summed E-state index contributed by atoms with van der Waals surface area (Å²) in [5.41, 5.74) is 1.70. The average molecular weight is 339 g/mol. The molecule has 1 saturated heterocycles. The topological polar surface area (TPSA) is 49.4 Å². The Hall–Kier alpha value is -1.36. The minimum atomic E-state index is -0.0389. The lowest BCUT2D eigenvalue weighted by atomic mass is 10.0. The number of carbonyl (C=O) groups is 2. The Labute approximate surface area is 127 Å². The Kier molecular flexibility index (Phi) is 4.81. The van der Waals surface area contributed by atoms with Gasteiger partial charge < -0.3 is 10.2 Å². The van der Waals surface area contributed by atoms with Crippen molar-refractivity contribution in [3.05, 3.63) is 33.8 Å². The van der Waals surface area contributed by atoms with Gasteiger partial charge in [-0.15, -0.1) is 0 Å². The third-order valence-corrected chi connectivity index (χ3v) is 4.04. The molecule has 1 atom stereocenters. The van der Waals surface area contributed by atoms with Gasteiger partial charge in [-0.3, -0.25) is 9.59 Å². The van der Waals surface area contributed by atoms with Gasteiger partial charge in [0, 0.05) is 36.1 Å². The van der Waals surface area contributed by atoms with Gasteiger partial charge in [0.05, 0.1) is 0 Å². The number of halogens is 1. The molecule has 0 aliphatic carbocycles. The number of hydrogen-bond donors (Lipinski definition) is 1. The summed E-state index contributed by atoms with van der Waals surface area (Å²) in [6.45, 7) is 4.79. The van der Waals surface area contributed by atoms with Crippen molar-refractivity contribution < 1.29 is 9.59 Å². The van der Waals surface area contributed by atoms with Crippen LogP contribution >= 0.6 is 15.9 Å². The highest BCUT2D eigenvalue weighted by Gasteiger charge is 2.25. The molecule has 1 unspecified atom stereocenters. The fraction of sp³-hybridized carbons (Fsp3) is 0.467. The number of nitrogens with one attached hydrogen (secondary N) is 1. The van der Waals surface area contributed by atoms with Crippen molar-refractivity contribution in [2.75, 3.05) is 13.1 Å². The monoisotopic (exact) mass is 338 g/mol. The van der Waals surface area contributed by atoms with E-state index >= 15 is 0 Å². The molecule has 1 N–H and O–H groups in total. The van der Waals surface area contributed by atoms with E-state index in [1.54, 1.807) is 0 Å². The van der Waals surface area contributed by atoms with E-state index in [4.69, 9.17) is 0 Å². The zero-order valence-electron chi connectivity index (χ0n) is 11.8. The third kappa shape index (κ3) is 3.60. The highest BCUT2D eigenvalue weighted by atomic mass is 79.9. The molecule has 2 amide bonds. The van der Waals surface area contributed by atoms with Crippen molar-refractivity contribution in [1.82, 2.24) is 10.2 Å². The van der Waals surface area contributed by atoms with Crippen molar-refractivity contribution in [1.29, 1.82) is 0 Å². The van der Waals surface area contributed by atoms with Crippen molar-refractivity contribution >= 4 is 27.7 Å². The molecular weight excluding hydrogens is 320 g/mol. The SMILES string of the molecule is CC(=O)NC1CCCN(C(=O)c2cc(Br)ccc2C)C1. The van der Waals surface area contributed by atoms with Crippen LogP contribution in [-0.2, 0) is 4.79 Å². The second kappa shape index (κ2) is 6.39. The standard InChI is InChI=1S/C15H19BrN2O2/c1-10-5-6-12(16)8-14(10)15(20)18-7-3-4-13(9-18)17-11(2)19/h5-6,8,13H,3-4,7,9H2,1-2H3,(H,17,19). The van der Waals surface area contributed by atoms with Gasteiger partial charge in [-0.1, -0.05) is 22.0 Å². The summed E-state index contributed by atoms with van der Waals surface area (Å²) < 4.78 is 0.905. The summed E-state index contributed by atoms with van der Waals surface area (Å²) in [6, 6.07) is 5.80. The molecule has 108 valence electrons. The Morgan fingerprint density at radius 2 is 2.15 bits per heavy atom. The molecule has 0 aromatic heterocycles. The Morgan fingerprint density at radius 1 is 1.40 bits per heavy atom. The smallest absolute Gasteiger partial charge is 0.254 e. The van der Waals surface area contributed by atoms with Crippen LogP contribution in [0.1, 0.15) is 35.7 Å². The molecule has 1 aromatic rings. The zero-order valence-corrected chi connectivity index (χ0v) is 13.4. The number of likely N-dealkylation sites (tertiary alicyclic amines) is 1. The van der Waals surface area contributed by atoms with Crippen molar-refractivity contribution in [2.24, 2.45) is 0 Å². The van der Waals surface area contributed by atoms with E-state index in [-0.39, 0.29) is 17.9 Å². The molecule has 4 nitrogen and oxygen atoms in total. The second-order valence-corrected chi connectivity index (χ2v) is 6.17. The average Bonchev–Trinajstić information content (AvgIpc) is 2.40. The van der Waals surface area contributed by atoms with E-state index in [1.165, 1.54) is 6.92 Å². The molecule has 20 heavy (non-hydrogen) atoms. The number of aryl methyl sites for hydroxylation is 1. The number of carbonyl (C=O) groups excluding carboxylic acids is 2. The lowest BCUT2D eigenvalue weighted by Gasteiger charge is -2.33. The first kappa shape index (κ1) is 15.0. The molecular formula is C15H19BrN2O2. The van der Waals surface area contributed by atoms with Crippen LogP contribution in [0, 0.1) is 6.92 Å². The van der Waals surface area contributed by atoms with Crippen LogP contribution in [0.5, 0.6) is 0 Å². The lowest BCUT2D eigenvalue weighted by molar-refractivity contribution is -0.120. The molecule has 0 radical (unpaired) electrons. The molecule has 0 spiro atoms. The Morgan fingerprint density at radius 3 is 2.85 bits per heavy atom. The molecule has 0 saturated carbocycles. The number of benzene rings is 1. The maximum absolute atomic E-state index is 12.6. The predicted octanol–water partition coefficient (Wildman–Crippen LogP) is 2.50. The van der Waals surface area contributed by atoms with Crippen LogP contribution in [-0.4, -0.2) is 35.8 Å². The summed E-state index contributed by atoms with van der Waals surface area (Å²) in [6.07, 6.45) is 1.85. The highest BCUT2D eigenvalue weighted by molar-refractivity contribution is 9.10. The fourth-order valence-corrected chi connectivity index (χ4v) is 2.92. The second-order valence-electron chi connectivity index (χ2n) is 5.25. The normalized spacial score (nSPS) is 18.8. The summed E-state index contributed by atoms with van der Waals surface area (Å²) in [5, 5.41) is 2.90. The van der Waals surface area contributed by atoms with Crippen molar-refractivity contribution in [2.45, 2.75) is 32.7 Å². The molecule has 2 rings (SSSR count). The predicted molar refractivity (Wildman–Crippen MR) is 81.6 cm³/mol. The van der Waals surface area contributed by atoms with Crippen LogP contribution < -0.4 is 5.32 Å². The molecule has 0 bridgehead atoms. The number of hydrogen-bond acceptors (Lipinski definition) is 2. The first-order chi connectivity index (χ1) is 9.47. The third-order valence-electron chi connectivity index (χ3n) is 3.55. The van der Waals surface area contributed by atoms with E-state index in [1.807, 2.05) is 30.0 Å². The van der Waals surface area contributed by atoms with Gasteiger partial charge in [-0.2, -0.15) is 0 Å². The van der Waals surface area contributed by atoms with Gasteiger partial charge in [0.15, 0.2) is 0 Å². The highest BCUT2D eigenvalue weighted by Crippen LogP contribution is 2.20. The largest absolute Gasteiger partial charge is 0.352 e. The zero-order chi connectivity index (χ0) is 14.7. The maximum atomic E-state index is 12.6. The summed E-state index contributed by atoms with van der Waals surface area (Å²) in [7, 11) is 0. The lowest BCUT2D eigenvalue weighted by Crippen LogP contribution is -2.49. The van der Waals surface area contributed by atoms with Crippen LogP contribution in [0.25, 0.3) is 0 Å². The van der Waals surface area contributed by atoms with E-state index in [9.17, 15) is 9.59 Å². The van der Waals surface area contributed by atoms with Crippen molar-refractivity contribution in [3.8, 4) is 0 Å². The quantitative estimate of drug-likeness (QED) is 0.900. The van der Waals surface area contributed by atoms with Crippen LogP contribution in [0.3, 0.4) is 0 Å². The van der Waals surface area contributed by atoms with Crippen molar-refractivity contribution in [3.63, 3.8) is 0 Å². The summed E-state index contributed by atoms with van der Waals surface area (Å²) in [5.74, 6) is 0.00165.